The summed E-state index contributed by atoms with van der Waals surface area (Å²) >= 11 is 0. The molecule has 5 heteroatoms. The number of cyclic esters (lactones) is 1. The zero-order chi connectivity index (χ0) is 13.9. The van der Waals surface area contributed by atoms with E-state index in [0.29, 0.717) is 18.3 Å². The molecule has 108 valence electrons. The summed E-state index contributed by atoms with van der Waals surface area (Å²) in [7, 11) is 1.62. The Morgan fingerprint density at radius 1 is 1.40 bits per heavy atom. The lowest BCUT2D eigenvalue weighted by Crippen LogP contribution is -2.45. The Morgan fingerprint density at radius 2 is 2.25 bits per heavy atom. The SMILES string of the molecule is COc1ccccc1N1C(=O)OCC1C1CCCNC1. The number of hydrogen-bond donors (Lipinski definition) is 1. The third-order valence-electron chi connectivity index (χ3n) is 4.13. The fraction of sp³-hybridized carbons (Fsp3) is 0.533. The first kappa shape index (κ1) is 13.2. The maximum absolute atomic E-state index is 12.1. The van der Waals surface area contributed by atoms with Crippen molar-refractivity contribution < 1.29 is 14.3 Å². The molecule has 0 aromatic heterocycles. The van der Waals surface area contributed by atoms with Crippen LogP contribution in [0.15, 0.2) is 24.3 Å². The van der Waals surface area contributed by atoms with Gasteiger partial charge >= 0.3 is 6.09 Å². The topological polar surface area (TPSA) is 50.8 Å². The molecular weight excluding hydrogens is 256 g/mol. The number of methoxy groups -OCH3 is 1. The lowest BCUT2D eigenvalue weighted by molar-refractivity contribution is 0.174. The van der Waals surface area contributed by atoms with Crippen LogP contribution in [0, 0.1) is 5.92 Å². The van der Waals surface area contributed by atoms with Crippen LogP contribution in [0.25, 0.3) is 0 Å². The minimum Gasteiger partial charge on any atom is -0.495 e. The lowest BCUT2D eigenvalue weighted by Gasteiger charge is -2.32. The van der Waals surface area contributed by atoms with E-state index in [0.717, 1.165) is 31.6 Å². The number of carbonyl (C=O) groups excluding carboxylic acids is 1. The Morgan fingerprint density at radius 3 is 3.00 bits per heavy atom. The Labute approximate surface area is 118 Å². The monoisotopic (exact) mass is 276 g/mol. The third kappa shape index (κ3) is 2.33. The molecule has 1 aromatic carbocycles. The minimum atomic E-state index is -0.273. The van der Waals surface area contributed by atoms with E-state index in [9.17, 15) is 4.79 Å². The molecule has 0 bridgehead atoms. The molecule has 1 aromatic rings. The molecule has 2 aliphatic heterocycles. The molecule has 20 heavy (non-hydrogen) atoms. The zero-order valence-corrected chi connectivity index (χ0v) is 11.7. The summed E-state index contributed by atoms with van der Waals surface area (Å²) in [6, 6.07) is 7.69. The maximum Gasteiger partial charge on any atom is 0.414 e. The lowest BCUT2D eigenvalue weighted by atomic mass is 9.91. The highest BCUT2D eigenvalue weighted by Gasteiger charge is 2.40. The first-order valence-corrected chi connectivity index (χ1v) is 7.11. The molecule has 2 unspecified atom stereocenters. The van der Waals surface area contributed by atoms with E-state index in [-0.39, 0.29) is 12.1 Å². The van der Waals surface area contributed by atoms with Crippen molar-refractivity contribution in [1.29, 1.82) is 0 Å². The van der Waals surface area contributed by atoms with Gasteiger partial charge in [-0.25, -0.2) is 4.79 Å². The standard InChI is InChI=1S/C15H20N2O3/c1-19-14-7-3-2-6-12(14)17-13(10-20-15(17)18)11-5-4-8-16-9-11/h2-3,6-7,11,13,16H,4-5,8-10H2,1H3. The number of piperidine rings is 1. The molecule has 5 nitrogen and oxygen atoms in total. The number of nitrogens with one attached hydrogen (secondary N) is 1. The highest BCUT2D eigenvalue weighted by atomic mass is 16.6. The van der Waals surface area contributed by atoms with Crippen molar-refractivity contribution in [2.24, 2.45) is 5.92 Å². The van der Waals surface area contributed by atoms with E-state index in [2.05, 4.69) is 5.32 Å². The van der Waals surface area contributed by atoms with E-state index in [1.807, 2.05) is 24.3 Å². The number of hydrogen-bond acceptors (Lipinski definition) is 4. The number of amides is 1. The number of anilines is 1. The van der Waals surface area contributed by atoms with Gasteiger partial charge in [-0.1, -0.05) is 12.1 Å². The minimum absolute atomic E-state index is 0.0894. The summed E-state index contributed by atoms with van der Waals surface area (Å²) in [6.45, 7) is 2.46. The first-order chi connectivity index (χ1) is 9.81. The van der Waals surface area contributed by atoms with Crippen molar-refractivity contribution in [2.45, 2.75) is 18.9 Å². The van der Waals surface area contributed by atoms with Gasteiger partial charge in [0.1, 0.15) is 12.4 Å². The van der Waals surface area contributed by atoms with Crippen molar-refractivity contribution in [3.63, 3.8) is 0 Å². The Bertz CT molecular complexity index is 486. The fourth-order valence-corrected chi connectivity index (χ4v) is 3.10. The predicted octanol–water partition coefficient (Wildman–Crippen LogP) is 2.02. The van der Waals surface area contributed by atoms with Crippen LogP contribution in [-0.2, 0) is 4.74 Å². The summed E-state index contributed by atoms with van der Waals surface area (Å²) < 4.78 is 10.7. The molecule has 3 rings (SSSR count). The highest BCUT2D eigenvalue weighted by Crippen LogP contribution is 2.35. The van der Waals surface area contributed by atoms with Crippen LogP contribution in [0.1, 0.15) is 12.8 Å². The van der Waals surface area contributed by atoms with Gasteiger partial charge in [-0.3, -0.25) is 4.90 Å². The second-order valence-electron chi connectivity index (χ2n) is 5.29. The van der Waals surface area contributed by atoms with Crippen molar-refractivity contribution >= 4 is 11.8 Å². The number of ether oxygens (including phenoxy) is 2. The van der Waals surface area contributed by atoms with Crippen LogP contribution in [0.3, 0.4) is 0 Å². The summed E-state index contributed by atoms with van der Waals surface area (Å²) in [5.41, 5.74) is 0.799. The zero-order valence-electron chi connectivity index (χ0n) is 11.7. The summed E-state index contributed by atoms with van der Waals surface area (Å²) in [6.07, 6.45) is 2.00. The van der Waals surface area contributed by atoms with Crippen LogP contribution in [0.5, 0.6) is 5.75 Å². The van der Waals surface area contributed by atoms with Gasteiger partial charge in [-0.15, -0.1) is 0 Å². The quantitative estimate of drug-likeness (QED) is 0.917. The Hall–Kier alpha value is -1.75. The second-order valence-corrected chi connectivity index (χ2v) is 5.29. The fourth-order valence-electron chi connectivity index (χ4n) is 3.10. The molecule has 0 aliphatic carbocycles. The van der Waals surface area contributed by atoms with E-state index in [1.165, 1.54) is 0 Å². The number of benzene rings is 1. The van der Waals surface area contributed by atoms with Gasteiger partial charge in [0, 0.05) is 6.54 Å². The molecule has 0 radical (unpaired) electrons. The molecule has 2 aliphatic rings. The van der Waals surface area contributed by atoms with Gasteiger partial charge in [-0.05, 0) is 37.4 Å². The van der Waals surface area contributed by atoms with Crippen molar-refractivity contribution in [3.05, 3.63) is 24.3 Å². The third-order valence-corrected chi connectivity index (χ3v) is 4.13. The van der Waals surface area contributed by atoms with E-state index < -0.39 is 0 Å². The van der Waals surface area contributed by atoms with Crippen LogP contribution < -0.4 is 15.0 Å². The number of para-hydroxylation sites is 2. The van der Waals surface area contributed by atoms with Gasteiger partial charge in [0.2, 0.25) is 0 Å². The van der Waals surface area contributed by atoms with Crippen LogP contribution in [0.4, 0.5) is 10.5 Å². The van der Waals surface area contributed by atoms with Crippen LogP contribution in [0.2, 0.25) is 0 Å². The van der Waals surface area contributed by atoms with E-state index in [4.69, 9.17) is 9.47 Å². The number of rotatable bonds is 3. The van der Waals surface area contributed by atoms with E-state index in [1.54, 1.807) is 12.0 Å². The number of carbonyl (C=O) groups is 1. The van der Waals surface area contributed by atoms with Crippen molar-refractivity contribution in [3.8, 4) is 5.75 Å². The highest BCUT2D eigenvalue weighted by molar-refractivity contribution is 5.92. The molecular formula is C15H20N2O3. The predicted molar refractivity (Wildman–Crippen MR) is 76.2 cm³/mol. The molecule has 2 saturated heterocycles. The summed E-state index contributed by atoms with van der Waals surface area (Å²) in [4.78, 5) is 13.9. The molecule has 2 atom stereocenters. The molecule has 2 heterocycles. The van der Waals surface area contributed by atoms with Crippen molar-refractivity contribution in [2.75, 3.05) is 31.7 Å². The molecule has 1 amide bonds. The average Bonchev–Trinajstić information content (AvgIpc) is 2.89. The molecule has 0 saturated carbocycles. The van der Waals surface area contributed by atoms with Crippen LogP contribution >= 0.6 is 0 Å². The summed E-state index contributed by atoms with van der Waals surface area (Å²) in [5, 5.41) is 3.40. The maximum atomic E-state index is 12.1. The normalized spacial score (nSPS) is 26.4. The van der Waals surface area contributed by atoms with Crippen molar-refractivity contribution in [1.82, 2.24) is 5.32 Å². The second kappa shape index (κ2) is 5.71. The average molecular weight is 276 g/mol. The van der Waals surface area contributed by atoms with Crippen LogP contribution in [-0.4, -0.2) is 38.9 Å². The van der Waals surface area contributed by atoms with Gasteiger partial charge in [0.25, 0.3) is 0 Å². The summed E-state index contributed by atoms with van der Waals surface area (Å²) in [5.74, 6) is 1.14. The largest absolute Gasteiger partial charge is 0.495 e. The molecule has 0 spiro atoms. The Kier molecular flexibility index (Phi) is 3.78. The van der Waals surface area contributed by atoms with Gasteiger partial charge in [-0.2, -0.15) is 0 Å². The first-order valence-electron chi connectivity index (χ1n) is 7.11. The Balaban J connectivity index is 1.89. The van der Waals surface area contributed by atoms with Gasteiger partial charge < -0.3 is 14.8 Å². The van der Waals surface area contributed by atoms with Gasteiger partial charge in [0.05, 0.1) is 18.8 Å². The molecule has 2 fully saturated rings. The molecule has 1 N–H and O–H groups in total. The number of nitrogens with zero attached hydrogens (tertiary/aromatic N) is 1. The smallest absolute Gasteiger partial charge is 0.414 e. The van der Waals surface area contributed by atoms with Gasteiger partial charge in [0.15, 0.2) is 0 Å². The van der Waals surface area contributed by atoms with E-state index >= 15 is 0 Å².